The Morgan fingerprint density at radius 2 is 0.655 bits per heavy atom. The van der Waals surface area contributed by atoms with Gasteiger partial charge in [-0.1, -0.05) is 183 Å². The summed E-state index contributed by atoms with van der Waals surface area (Å²) in [5.74, 6) is -4.95. The molecule has 0 aliphatic heterocycles. The molecule has 0 bridgehead atoms. The molecule has 3 nitrogen and oxygen atoms in total. The van der Waals surface area contributed by atoms with Crippen LogP contribution in [0.25, 0.3) is 56.3 Å². The molecule has 0 saturated carbocycles. The van der Waals surface area contributed by atoms with Crippen molar-refractivity contribution < 1.29 is 30.8 Å². The van der Waals surface area contributed by atoms with Crippen molar-refractivity contribution in [3.05, 3.63) is 358 Å². The number of nitrogens with zero attached hydrogens (tertiary/aromatic N) is 2. The lowest BCUT2D eigenvalue weighted by atomic mass is 9.67. The zero-order valence-corrected chi connectivity index (χ0v) is 46.4. The molecule has 2 atom stereocenters. The molecule has 2 aliphatic carbocycles. The van der Waals surface area contributed by atoms with Crippen molar-refractivity contribution in [3.8, 4) is 22.3 Å². The molecule has 0 spiro atoms. The van der Waals surface area contributed by atoms with Crippen molar-refractivity contribution in [2.75, 3.05) is 9.80 Å². The van der Waals surface area contributed by atoms with E-state index in [1.54, 1.807) is 12.2 Å². The maximum absolute atomic E-state index is 15.9. The molecule has 0 saturated heterocycles. The van der Waals surface area contributed by atoms with E-state index in [9.17, 15) is 0 Å². The summed E-state index contributed by atoms with van der Waals surface area (Å²) in [4.78, 5) is 3.68. The van der Waals surface area contributed by atoms with Crippen LogP contribution in [0.15, 0.2) is 272 Å². The molecule has 0 amide bonds. The fourth-order valence-corrected chi connectivity index (χ4v) is 13.8. The Balaban J connectivity index is 0.962. The van der Waals surface area contributed by atoms with Crippen LogP contribution >= 0.6 is 0 Å². The van der Waals surface area contributed by atoms with Gasteiger partial charge in [-0.15, -0.1) is 0 Å². The Labute approximate surface area is 497 Å². The normalized spacial score (nSPS) is 15.4. The van der Waals surface area contributed by atoms with Crippen LogP contribution in [0, 0.1) is 34.9 Å². The third-order valence-corrected chi connectivity index (χ3v) is 17.6. The van der Waals surface area contributed by atoms with Crippen LogP contribution in [0.2, 0.25) is 0 Å². The van der Waals surface area contributed by atoms with Gasteiger partial charge < -0.3 is 14.2 Å². The van der Waals surface area contributed by atoms with Gasteiger partial charge in [0, 0.05) is 45.7 Å². The highest BCUT2D eigenvalue weighted by atomic mass is 19.2. The Morgan fingerprint density at radius 1 is 0.310 bits per heavy atom. The van der Waals surface area contributed by atoms with Gasteiger partial charge in [0.1, 0.15) is 11.6 Å². The predicted octanol–water partition coefficient (Wildman–Crippen LogP) is 21.4. The molecule has 1 aromatic heterocycles. The first kappa shape index (κ1) is 52.9. The van der Waals surface area contributed by atoms with E-state index in [0.29, 0.717) is 44.7 Å². The van der Waals surface area contributed by atoms with E-state index in [-0.39, 0.29) is 23.0 Å². The number of furan rings is 1. The molecular formula is C78H48F6N2O. The molecule has 1 heterocycles. The maximum atomic E-state index is 15.9. The molecule has 418 valence electrons. The van der Waals surface area contributed by atoms with E-state index in [0.717, 1.165) is 102 Å². The first-order valence-corrected chi connectivity index (χ1v) is 28.4. The van der Waals surface area contributed by atoms with Crippen molar-refractivity contribution in [2.24, 2.45) is 0 Å². The second kappa shape index (κ2) is 20.4. The molecular weight excluding hydrogens is 1090 g/mol. The summed E-state index contributed by atoms with van der Waals surface area (Å²) in [6, 6.07) is 76.6. The van der Waals surface area contributed by atoms with Crippen LogP contribution in [0.4, 0.5) is 60.5 Å². The van der Waals surface area contributed by atoms with Gasteiger partial charge in [-0.3, -0.25) is 0 Å². The first-order valence-electron chi connectivity index (χ1n) is 28.4. The van der Waals surface area contributed by atoms with Crippen LogP contribution in [0.1, 0.15) is 55.6 Å². The minimum absolute atomic E-state index is 0.284. The summed E-state index contributed by atoms with van der Waals surface area (Å²) < 4.78 is 99.6. The van der Waals surface area contributed by atoms with E-state index in [1.807, 2.05) is 143 Å². The number of hydrogen-bond acceptors (Lipinski definition) is 3. The summed E-state index contributed by atoms with van der Waals surface area (Å²) >= 11 is 0. The van der Waals surface area contributed by atoms with Gasteiger partial charge in [0.05, 0.1) is 22.2 Å². The SMILES string of the molecule is C=Cc1ccc(C2(c3ccc(F)cc3)c3ccccc3-c3ccc(N(c4ccc(F)c(F)c4)c4cccc5c4oc4c(N(c6ccc(F)c(F)c6)c6ccc7c(c6)C(c6ccc(F)cc6)(c6ccc(C=C)cc6)c6ccccc6-7)cccc45)cc32)cc1. The van der Waals surface area contributed by atoms with Gasteiger partial charge in [-0.05, 0) is 163 Å². The minimum Gasteiger partial charge on any atom is -0.452 e. The maximum Gasteiger partial charge on any atom is 0.160 e. The van der Waals surface area contributed by atoms with E-state index in [2.05, 4.69) is 73.8 Å². The second-order valence-corrected chi connectivity index (χ2v) is 22.0. The van der Waals surface area contributed by atoms with Gasteiger partial charge in [0.15, 0.2) is 34.4 Å². The van der Waals surface area contributed by atoms with Crippen molar-refractivity contribution in [1.82, 2.24) is 0 Å². The molecule has 15 rings (SSSR count). The fraction of sp³-hybridized carbons (Fsp3) is 0.0256. The third kappa shape index (κ3) is 8.06. The summed E-state index contributed by atoms with van der Waals surface area (Å²) in [5, 5.41) is 1.34. The summed E-state index contributed by atoms with van der Waals surface area (Å²) in [5.41, 5.74) is 14.2. The highest BCUT2D eigenvalue weighted by Gasteiger charge is 2.48. The van der Waals surface area contributed by atoms with Crippen LogP contribution in [0.3, 0.4) is 0 Å². The van der Waals surface area contributed by atoms with Crippen LogP contribution < -0.4 is 9.80 Å². The lowest BCUT2D eigenvalue weighted by Crippen LogP contribution is -2.29. The van der Waals surface area contributed by atoms with Gasteiger partial charge in [0.2, 0.25) is 0 Å². The molecule has 2 aliphatic rings. The van der Waals surface area contributed by atoms with Gasteiger partial charge in [-0.2, -0.15) is 0 Å². The molecule has 0 N–H and O–H groups in total. The number of anilines is 6. The second-order valence-electron chi connectivity index (χ2n) is 22.0. The van der Waals surface area contributed by atoms with Crippen LogP contribution in [0.5, 0.6) is 0 Å². The Kier molecular flexibility index (Phi) is 12.4. The quantitative estimate of drug-likeness (QED) is 0.114. The Hall–Kier alpha value is -10.9. The number of para-hydroxylation sites is 2. The predicted molar refractivity (Wildman–Crippen MR) is 338 cm³/mol. The number of halogens is 6. The standard InChI is InChI=1S/C78H48F6N2O/c1-3-47-19-23-49(24-20-47)77(51-27-31-53(79)32-28-51)65-15-7-5-11-59(65)61-39-35-55(43-67(61)77)85(57-37-41-69(81)71(83)45-57)73-17-9-13-63-64-14-10-18-74(76(64)87-75(63)73)86(58-38-42-70(82)72(84)46-58)56-36-40-62-60-12-6-8-16-66(60)78(68(62)44-56,52-29-33-54(80)34-30-52)50-25-21-48(4-2)22-26-50/h3-46H,1-2H2. The van der Waals surface area contributed by atoms with Gasteiger partial charge >= 0.3 is 0 Å². The van der Waals surface area contributed by atoms with E-state index >= 15 is 26.3 Å². The average Bonchev–Trinajstić information content (AvgIpc) is 1.59. The van der Waals surface area contributed by atoms with Crippen molar-refractivity contribution in [1.29, 1.82) is 0 Å². The smallest absolute Gasteiger partial charge is 0.160 e. The third-order valence-electron chi connectivity index (χ3n) is 17.6. The summed E-state index contributed by atoms with van der Waals surface area (Å²) in [7, 11) is 0. The zero-order chi connectivity index (χ0) is 59.3. The first-order chi connectivity index (χ1) is 42.5. The lowest BCUT2D eigenvalue weighted by molar-refractivity contribution is 0.509. The topological polar surface area (TPSA) is 19.6 Å². The molecule has 87 heavy (non-hydrogen) atoms. The highest BCUT2D eigenvalue weighted by molar-refractivity contribution is 6.14. The van der Waals surface area contributed by atoms with E-state index in [4.69, 9.17) is 4.42 Å². The Bertz CT molecular complexity index is 4630. The Morgan fingerprint density at radius 3 is 1.03 bits per heavy atom. The summed E-state index contributed by atoms with van der Waals surface area (Å²) in [6.45, 7) is 8.00. The highest BCUT2D eigenvalue weighted by Crippen LogP contribution is 2.60. The van der Waals surface area contributed by atoms with E-state index in [1.165, 1.54) is 36.4 Å². The number of fused-ring (bicyclic) bond motifs is 9. The molecule has 0 fully saturated rings. The molecule has 12 aromatic carbocycles. The van der Waals surface area contributed by atoms with Gasteiger partial charge in [-0.25, -0.2) is 26.3 Å². The molecule has 9 heteroatoms. The summed E-state index contributed by atoms with van der Waals surface area (Å²) in [6.07, 6.45) is 3.56. The number of rotatable bonds is 12. The van der Waals surface area contributed by atoms with Crippen molar-refractivity contribution in [2.45, 2.75) is 10.8 Å². The van der Waals surface area contributed by atoms with Crippen molar-refractivity contribution in [3.63, 3.8) is 0 Å². The number of benzene rings is 12. The average molecular weight is 1140 g/mol. The van der Waals surface area contributed by atoms with Crippen LogP contribution in [-0.2, 0) is 10.8 Å². The monoisotopic (exact) mass is 1140 g/mol. The van der Waals surface area contributed by atoms with Crippen molar-refractivity contribution >= 4 is 68.2 Å². The molecule has 0 radical (unpaired) electrons. The molecule has 2 unspecified atom stereocenters. The number of hydrogen-bond donors (Lipinski definition) is 0. The largest absolute Gasteiger partial charge is 0.452 e. The lowest BCUT2D eigenvalue weighted by Gasteiger charge is -2.35. The zero-order valence-electron chi connectivity index (χ0n) is 46.4. The molecule has 13 aromatic rings. The minimum atomic E-state index is -1.06. The van der Waals surface area contributed by atoms with Gasteiger partial charge in [0.25, 0.3) is 0 Å². The fourth-order valence-electron chi connectivity index (χ4n) is 13.8. The van der Waals surface area contributed by atoms with E-state index < -0.39 is 34.1 Å². The van der Waals surface area contributed by atoms with Crippen LogP contribution in [-0.4, -0.2) is 0 Å².